The van der Waals surface area contributed by atoms with Gasteiger partial charge in [-0.1, -0.05) is 26.7 Å². The van der Waals surface area contributed by atoms with Gasteiger partial charge in [0.1, 0.15) is 6.54 Å². The zero-order valence-electron chi connectivity index (χ0n) is 7.43. The normalized spacial score (nSPS) is 8.82. The van der Waals surface area contributed by atoms with E-state index in [0.29, 0.717) is 6.54 Å². The highest BCUT2D eigenvalue weighted by Gasteiger charge is 1.94. The summed E-state index contributed by atoms with van der Waals surface area (Å²) >= 11 is 0. The van der Waals surface area contributed by atoms with Crippen LogP contribution in [0.4, 0.5) is 0 Å². The SMILES string of the molecule is CCCC(CCC)=NCC#N. The van der Waals surface area contributed by atoms with E-state index in [1.165, 1.54) is 5.71 Å². The molecule has 11 heavy (non-hydrogen) atoms. The molecule has 62 valence electrons. The first-order valence-electron chi connectivity index (χ1n) is 4.24. The largest absolute Gasteiger partial charge is 0.279 e. The fourth-order valence-electron chi connectivity index (χ4n) is 1.01. The number of rotatable bonds is 5. The Labute approximate surface area is 68.9 Å². The van der Waals surface area contributed by atoms with E-state index in [4.69, 9.17) is 5.26 Å². The predicted octanol–water partition coefficient (Wildman–Crippen LogP) is 2.55. The highest BCUT2D eigenvalue weighted by atomic mass is 14.7. The third-order valence-electron chi connectivity index (χ3n) is 1.45. The number of hydrogen-bond donors (Lipinski definition) is 0. The van der Waals surface area contributed by atoms with Gasteiger partial charge in [-0.25, -0.2) is 0 Å². The van der Waals surface area contributed by atoms with Crippen molar-refractivity contribution in [1.29, 1.82) is 5.26 Å². The summed E-state index contributed by atoms with van der Waals surface area (Å²) in [5.41, 5.74) is 1.21. The third kappa shape index (κ3) is 5.60. The fraction of sp³-hybridized carbons (Fsp3) is 0.778. The second-order valence-corrected chi connectivity index (χ2v) is 2.54. The highest BCUT2D eigenvalue weighted by Crippen LogP contribution is 2.00. The van der Waals surface area contributed by atoms with E-state index in [1.54, 1.807) is 0 Å². The van der Waals surface area contributed by atoms with E-state index in [-0.39, 0.29) is 0 Å². The van der Waals surface area contributed by atoms with Crippen LogP contribution in [0.1, 0.15) is 39.5 Å². The van der Waals surface area contributed by atoms with Gasteiger partial charge < -0.3 is 0 Å². The topological polar surface area (TPSA) is 36.1 Å². The molecule has 2 heteroatoms. The van der Waals surface area contributed by atoms with Gasteiger partial charge in [0.25, 0.3) is 0 Å². The number of nitrogens with zero attached hydrogens (tertiary/aromatic N) is 2. The predicted molar refractivity (Wildman–Crippen MR) is 47.7 cm³/mol. The maximum absolute atomic E-state index is 8.29. The van der Waals surface area contributed by atoms with Crippen LogP contribution in [-0.2, 0) is 0 Å². The van der Waals surface area contributed by atoms with Crippen LogP contribution in [0.15, 0.2) is 4.99 Å². The summed E-state index contributed by atoms with van der Waals surface area (Å²) in [6.07, 6.45) is 4.36. The molecule has 0 aromatic carbocycles. The molecular formula is C9H16N2. The van der Waals surface area contributed by atoms with E-state index >= 15 is 0 Å². The molecule has 0 aliphatic heterocycles. The number of aliphatic imine (C=N–C) groups is 1. The first-order chi connectivity index (χ1) is 5.35. The van der Waals surface area contributed by atoms with Gasteiger partial charge in [0.2, 0.25) is 0 Å². The lowest BCUT2D eigenvalue weighted by Gasteiger charge is -2.00. The van der Waals surface area contributed by atoms with Crippen molar-refractivity contribution in [2.75, 3.05) is 6.54 Å². The summed E-state index contributed by atoms with van der Waals surface area (Å²) in [6, 6.07) is 2.03. The van der Waals surface area contributed by atoms with Gasteiger partial charge in [0.05, 0.1) is 6.07 Å². The molecule has 2 nitrogen and oxygen atoms in total. The monoisotopic (exact) mass is 152 g/mol. The maximum Gasteiger partial charge on any atom is 0.126 e. The van der Waals surface area contributed by atoms with Crippen LogP contribution in [0.2, 0.25) is 0 Å². The minimum atomic E-state index is 0.329. The van der Waals surface area contributed by atoms with Crippen molar-refractivity contribution in [3.05, 3.63) is 0 Å². The van der Waals surface area contributed by atoms with E-state index in [2.05, 4.69) is 18.8 Å². The molecule has 0 saturated carbocycles. The summed E-state index contributed by atoms with van der Waals surface area (Å²) < 4.78 is 0. The Kier molecular flexibility index (Phi) is 6.71. The quantitative estimate of drug-likeness (QED) is 0.440. The molecule has 0 aromatic heterocycles. The summed E-state index contributed by atoms with van der Waals surface area (Å²) in [4.78, 5) is 4.18. The van der Waals surface area contributed by atoms with Crippen molar-refractivity contribution in [3.8, 4) is 6.07 Å². The highest BCUT2D eigenvalue weighted by molar-refractivity contribution is 5.84. The van der Waals surface area contributed by atoms with Gasteiger partial charge in [-0.2, -0.15) is 5.26 Å². The standard InChI is InChI=1S/C9H16N2/c1-3-5-9(6-4-2)11-8-7-10/h3-6,8H2,1-2H3. The van der Waals surface area contributed by atoms with Crippen molar-refractivity contribution < 1.29 is 0 Å². The van der Waals surface area contributed by atoms with Gasteiger partial charge in [-0.3, -0.25) is 4.99 Å². The molecule has 0 bridgehead atoms. The molecule has 0 radical (unpaired) electrons. The molecule has 0 aromatic rings. The van der Waals surface area contributed by atoms with Crippen LogP contribution >= 0.6 is 0 Å². The Bertz CT molecular complexity index is 145. The Hall–Kier alpha value is -0.840. The van der Waals surface area contributed by atoms with Crippen molar-refractivity contribution >= 4 is 5.71 Å². The molecule has 0 spiro atoms. The summed E-state index contributed by atoms with van der Waals surface area (Å²) in [5.74, 6) is 0. The lowest BCUT2D eigenvalue weighted by molar-refractivity contribution is 0.906. The van der Waals surface area contributed by atoms with Gasteiger partial charge in [-0.15, -0.1) is 0 Å². The summed E-state index contributed by atoms with van der Waals surface area (Å²) in [7, 11) is 0. The molecule has 0 aliphatic rings. The average molecular weight is 152 g/mol. The Morgan fingerprint density at radius 3 is 2.18 bits per heavy atom. The fourth-order valence-corrected chi connectivity index (χ4v) is 1.01. The van der Waals surface area contributed by atoms with Crippen molar-refractivity contribution in [2.45, 2.75) is 39.5 Å². The molecule has 0 fully saturated rings. The number of hydrogen-bond acceptors (Lipinski definition) is 2. The molecule has 0 saturated heterocycles. The molecule has 0 atom stereocenters. The second kappa shape index (κ2) is 7.27. The van der Waals surface area contributed by atoms with E-state index < -0.39 is 0 Å². The molecule has 0 N–H and O–H groups in total. The van der Waals surface area contributed by atoms with E-state index in [9.17, 15) is 0 Å². The Balaban J connectivity index is 3.77. The summed E-state index contributed by atoms with van der Waals surface area (Å²) in [6.45, 7) is 4.60. The first-order valence-corrected chi connectivity index (χ1v) is 4.24. The van der Waals surface area contributed by atoms with Crippen LogP contribution < -0.4 is 0 Å². The number of nitriles is 1. The van der Waals surface area contributed by atoms with E-state index in [0.717, 1.165) is 25.7 Å². The van der Waals surface area contributed by atoms with Crippen molar-refractivity contribution in [2.24, 2.45) is 4.99 Å². The molecule has 0 rings (SSSR count). The molecule has 0 aliphatic carbocycles. The Morgan fingerprint density at radius 1 is 1.27 bits per heavy atom. The zero-order valence-corrected chi connectivity index (χ0v) is 7.43. The minimum Gasteiger partial charge on any atom is -0.279 e. The Morgan fingerprint density at radius 2 is 1.82 bits per heavy atom. The van der Waals surface area contributed by atoms with Crippen LogP contribution in [0.25, 0.3) is 0 Å². The van der Waals surface area contributed by atoms with Gasteiger partial charge in [0, 0.05) is 5.71 Å². The molecule has 0 unspecified atom stereocenters. The lowest BCUT2D eigenvalue weighted by Crippen LogP contribution is -1.97. The van der Waals surface area contributed by atoms with Crippen LogP contribution in [0, 0.1) is 11.3 Å². The first kappa shape index (κ1) is 10.2. The van der Waals surface area contributed by atoms with Crippen LogP contribution in [-0.4, -0.2) is 12.3 Å². The van der Waals surface area contributed by atoms with Crippen molar-refractivity contribution in [3.63, 3.8) is 0 Å². The second-order valence-electron chi connectivity index (χ2n) is 2.54. The van der Waals surface area contributed by atoms with E-state index in [1.807, 2.05) is 6.07 Å². The average Bonchev–Trinajstić information content (AvgIpc) is 2.01. The van der Waals surface area contributed by atoms with Gasteiger partial charge in [0.15, 0.2) is 0 Å². The molecule has 0 heterocycles. The molecule has 0 amide bonds. The van der Waals surface area contributed by atoms with Crippen LogP contribution in [0.5, 0.6) is 0 Å². The van der Waals surface area contributed by atoms with Gasteiger partial charge >= 0.3 is 0 Å². The minimum absolute atomic E-state index is 0.329. The molecular weight excluding hydrogens is 136 g/mol. The third-order valence-corrected chi connectivity index (χ3v) is 1.45. The lowest BCUT2D eigenvalue weighted by atomic mass is 10.1. The van der Waals surface area contributed by atoms with Crippen molar-refractivity contribution in [1.82, 2.24) is 0 Å². The van der Waals surface area contributed by atoms with Crippen LogP contribution in [0.3, 0.4) is 0 Å². The smallest absolute Gasteiger partial charge is 0.126 e. The zero-order chi connectivity index (χ0) is 8.53. The summed E-state index contributed by atoms with van der Waals surface area (Å²) in [5, 5.41) is 8.29. The maximum atomic E-state index is 8.29. The van der Waals surface area contributed by atoms with Gasteiger partial charge in [-0.05, 0) is 12.8 Å².